The van der Waals surface area contributed by atoms with Gasteiger partial charge in [0.15, 0.2) is 0 Å². The van der Waals surface area contributed by atoms with Crippen molar-refractivity contribution in [2.75, 3.05) is 24.6 Å². The van der Waals surface area contributed by atoms with Crippen molar-refractivity contribution in [3.8, 4) is 0 Å². The predicted molar refractivity (Wildman–Crippen MR) is 76.2 cm³/mol. The van der Waals surface area contributed by atoms with Crippen LogP contribution in [0.15, 0.2) is 18.2 Å². The lowest BCUT2D eigenvalue weighted by atomic mass is 10.0. The lowest BCUT2D eigenvalue weighted by Crippen LogP contribution is -2.41. The first-order valence-electron chi connectivity index (χ1n) is 6.78. The van der Waals surface area contributed by atoms with Crippen molar-refractivity contribution in [2.45, 2.75) is 39.3 Å². The molecule has 1 aliphatic heterocycles. The van der Waals surface area contributed by atoms with Gasteiger partial charge in [0.05, 0.1) is 12.7 Å². The average Bonchev–Trinajstić information content (AvgIpc) is 2.28. The topological polar surface area (TPSA) is 38.5 Å². The van der Waals surface area contributed by atoms with Crippen LogP contribution in [0, 0.1) is 6.92 Å². The van der Waals surface area contributed by atoms with Gasteiger partial charge in [-0.2, -0.15) is 0 Å². The molecule has 0 aliphatic carbocycles. The summed E-state index contributed by atoms with van der Waals surface area (Å²) in [4.78, 5) is 2.42. The van der Waals surface area contributed by atoms with E-state index in [0.717, 1.165) is 26.1 Å². The smallest absolute Gasteiger partial charge is 0.0722 e. The van der Waals surface area contributed by atoms with Crippen LogP contribution in [0.1, 0.15) is 25.0 Å². The summed E-state index contributed by atoms with van der Waals surface area (Å²) >= 11 is 0. The Morgan fingerprint density at radius 2 is 2.28 bits per heavy atom. The molecule has 1 saturated heterocycles. The largest absolute Gasteiger partial charge is 0.375 e. The fraction of sp³-hybridized carbons (Fsp3) is 0.600. The molecular weight excluding hydrogens is 224 g/mol. The van der Waals surface area contributed by atoms with Gasteiger partial charge in [-0.1, -0.05) is 12.1 Å². The number of morpholine rings is 1. The summed E-state index contributed by atoms with van der Waals surface area (Å²) in [6.07, 6.45) is 1.27. The third kappa shape index (κ3) is 3.24. The minimum atomic E-state index is 0.221. The molecule has 18 heavy (non-hydrogen) atoms. The maximum absolute atomic E-state index is 5.85. The molecule has 0 amide bonds. The second-order valence-corrected chi connectivity index (χ2v) is 5.43. The molecule has 0 saturated carbocycles. The SMILES string of the molecule is Cc1cc(CC(C)N)ccc1N1CCOC(C)C1. The van der Waals surface area contributed by atoms with Crippen LogP contribution in [-0.2, 0) is 11.2 Å². The quantitative estimate of drug-likeness (QED) is 0.890. The zero-order valence-corrected chi connectivity index (χ0v) is 11.6. The molecule has 2 unspecified atom stereocenters. The van der Waals surface area contributed by atoms with Crippen molar-refractivity contribution in [3.63, 3.8) is 0 Å². The van der Waals surface area contributed by atoms with E-state index in [4.69, 9.17) is 10.5 Å². The Labute approximate surface area is 110 Å². The highest BCUT2D eigenvalue weighted by atomic mass is 16.5. The van der Waals surface area contributed by atoms with E-state index in [1.807, 2.05) is 6.92 Å². The lowest BCUT2D eigenvalue weighted by Gasteiger charge is -2.34. The minimum Gasteiger partial charge on any atom is -0.375 e. The lowest BCUT2D eigenvalue weighted by molar-refractivity contribution is 0.0532. The van der Waals surface area contributed by atoms with Gasteiger partial charge in [0.2, 0.25) is 0 Å². The Morgan fingerprint density at radius 3 is 2.89 bits per heavy atom. The Morgan fingerprint density at radius 1 is 1.50 bits per heavy atom. The third-order valence-corrected chi connectivity index (χ3v) is 3.40. The summed E-state index contributed by atoms with van der Waals surface area (Å²) in [5.41, 5.74) is 9.84. The maximum atomic E-state index is 5.85. The zero-order valence-electron chi connectivity index (χ0n) is 11.6. The van der Waals surface area contributed by atoms with E-state index in [0.29, 0.717) is 6.10 Å². The van der Waals surface area contributed by atoms with Gasteiger partial charge in [-0.05, 0) is 44.4 Å². The number of hydrogen-bond donors (Lipinski definition) is 1. The molecule has 1 aromatic carbocycles. The van der Waals surface area contributed by atoms with Crippen molar-refractivity contribution in [3.05, 3.63) is 29.3 Å². The van der Waals surface area contributed by atoms with Crippen LogP contribution < -0.4 is 10.6 Å². The molecular formula is C15H24N2O. The van der Waals surface area contributed by atoms with E-state index in [2.05, 4.69) is 36.9 Å². The van der Waals surface area contributed by atoms with Crippen molar-refractivity contribution < 1.29 is 4.74 Å². The Kier molecular flexibility index (Phi) is 4.25. The number of nitrogens with two attached hydrogens (primary N) is 1. The molecule has 2 rings (SSSR count). The van der Waals surface area contributed by atoms with E-state index in [1.54, 1.807) is 0 Å². The van der Waals surface area contributed by atoms with Gasteiger partial charge < -0.3 is 15.4 Å². The van der Waals surface area contributed by atoms with Crippen molar-refractivity contribution >= 4 is 5.69 Å². The molecule has 0 radical (unpaired) electrons. The third-order valence-electron chi connectivity index (χ3n) is 3.40. The summed E-state index contributed by atoms with van der Waals surface area (Å²) in [5.74, 6) is 0. The van der Waals surface area contributed by atoms with Crippen LogP contribution in [0.5, 0.6) is 0 Å². The van der Waals surface area contributed by atoms with Gasteiger partial charge in [0, 0.05) is 24.8 Å². The second kappa shape index (κ2) is 5.72. The Bertz CT molecular complexity index is 403. The summed E-state index contributed by atoms with van der Waals surface area (Å²) < 4.78 is 5.59. The molecule has 0 bridgehead atoms. The molecule has 3 heteroatoms. The molecule has 1 heterocycles. The van der Waals surface area contributed by atoms with Crippen molar-refractivity contribution in [1.82, 2.24) is 0 Å². The fourth-order valence-corrected chi connectivity index (χ4v) is 2.61. The molecule has 100 valence electrons. The van der Waals surface area contributed by atoms with Gasteiger partial charge >= 0.3 is 0 Å². The van der Waals surface area contributed by atoms with Crippen LogP contribution in [0.25, 0.3) is 0 Å². The first-order chi connectivity index (χ1) is 8.56. The molecule has 1 fully saturated rings. The van der Waals surface area contributed by atoms with Gasteiger partial charge in [-0.15, -0.1) is 0 Å². The normalized spacial score (nSPS) is 22.0. The molecule has 3 nitrogen and oxygen atoms in total. The van der Waals surface area contributed by atoms with Crippen LogP contribution in [-0.4, -0.2) is 31.8 Å². The average molecular weight is 248 g/mol. The zero-order chi connectivity index (χ0) is 13.1. The highest BCUT2D eigenvalue weighted by Crippen LogP contribution is 2.23. The van der Waals surface area contributed by atoms with E-state index in [9.17, 15) is 0 Å². The second-order valence-electron chi connectivity index (χ2n) is 5.43. The predicted octanol–water partition coefficient (Wildman–Crippen LogP) is 2.11. The van der Waals surface area contributed by atoms with E-state index >= 15 is 0 Å². The number of nitrogens with zero attached hydrogens (tertiary/aromatic N) is 1. The number of rotatable bonds is 3. The fourth-order valence-electron chi connectivity index (χ4n) is 2.61. The molecule has 0 spiro atoms. The minimum absolute atomic E-state index is 0.221. The first-order valence-corrected chi connectivity index (χ1v) is 6.78. The maximum Gasteiger partial charge on any atom is 0.0722 e. The summed E-state index contributed by atoms with van der Waals surface area (Å²) in [5, 5.41) is 0. The monoisotopic (exact) mass is 248 g/mol. The summed E-state index contributed by atoms with van der Waals surface area (Å²) in [6.45, 7) is 9.15. The molecule has 1 aliphatic rings. The van der Waals surface area contributed by atoms with Crippen LogP contribution in [0.4, 0.5) is 5.69 Å². The van der Waals surface area contributed by atoms with Gasteiger partial charge in [0.25, 0.3) is 0 Å². The van der Waals surface area contributed by atoms with E-state index in [1.165, 1.54) is 16.8 Å². The number of benzene rings is 1. The number of aryl methyl sites for hydroxylation is 1. The Balaban J connectivity index is 2.13. The number of anilines is 1. The van der Waals surface area contributed by atoms with Crippen LogP contribution in [0.3, 0.4) is 0 Å². The highest BCUT2D eigenvalue weighted by Gasteiger charge is 2.18. The highest BCUT2D eigenvalue weighted by molar-refractivity contribution is 5.55. The summed E-state index contributed by atoms with van der Waals surface area (Å²) in [7, 11) is 0. The molecule has 1 aromatic rings. The standard InChI is InChI=1S/C15H24N2O/c1-11-8-14(9-12(2)16)4-5-15(11)17-6-7-18-13(3)10-17/h4-5,8,12-13H,6-7,9-10,16H2,1-3H3. The number of hydrogen-bond acceptors (Lipinski definition) is 3. The van der Waals surface area contributed by atoms with Crippen LogP contribution >= 0.6 is 0 Å². The van der Waals surface area contributed by atoms with Gasteiger partial charge in [-0.25, -0.2) is 0 Å². The molecule has 0 aromatic heterocycles. The Hall–Kier alpha value is -1.06. The van der Waals surface area contributed by atoms with E-state index < -0.39 is 0 Å². The first kappa shape index (κ1) is 13.4. The van der Waals surface area contributed by atoms with Gasteiger partial charge in [-0.3, -0.25) is 0 Å². The van der Waals surface area contributed by atoms with E-state index in [-0.39, 0.29) is 6.04 Å². The van der Waals surface area contributed by atoms with Crippen molar-refractivity contribution in [1.29, 1.82) is 0 Å². The summed E-state index contributed by atoms with van der Waals surface area (Å²) in [6, 6.07) is 6.91. The van der Waals surface area contributed by atoms with Gasteiger partial charge in [0.1, 0.15) is 0 Å². The number of ether oxygens (including phenoxy) is 1. The van der Waals surface area contributed by atoms with Crippen molar-refractivity contribution in [2.24, 2.45) is 5.73 Å². The molecule has 2 atom stereocenters. The molecule has 2 N–H and O–H groups in total. The van der Waals surface area contributed by atoms with Crippen LogP contribution in [0.2, 0.25) is 0 Å².